The highest BCUT2D eigenvalue weighted by molar-refractivity contribution is 5.84. The molecule has 0 radical (unpaired) electrons. The molecule has 8 atom stereocenters. The van der Waals surface area contributed by atoms with Crippen LogP contribution in [0.5, 0.6) is 0 Å². The highest BCUT2D eigenvalue weighted by atomic mass is 16.5. The first-order chi connectivity index (χ1) is 16.5. The van der Waals surface area contributed by atoms with E-state index in [9.17, 15) is 4.79 Å². The third-order valence-electron chi connectivity index (χ3n) is 11.3. The molecule has 1 heterocycles. The lowest BCUT2D eigenvalue weighted by Crippen LogP contribution is -2.56. The molecule has 4 fully saturated rings. The van der Waals surface area contributed by atoms with Crippen molar-refractivity contribution in [1.82, 2.24) is 9.55 Å². The average molecular weight is 463 g/mol. The van der Waals surface area contributed by atoms with Crippen LogP contribution < -0.4 is 0 Å². The summed E-state index contributed by atoms with van der Waals surface area (Å²) in [6, 6.07) is 8.17. The zero-order valence-electron chi connectivity index (χ0n) is 21.3. The third-order valence-corrected chi connectivity index (χ3v) is 11.3. The van der Waals surface area contributed by atoms with Gasteiger partial charge in [-0.1, -0.05) is 32.4 Å². The number of methoxy groups -OCH3 is 1. The van der Waals surface area contributed by atoms with Gasteiger partial charge < -0.3 is 9.30 Å². The average Bonchev–Trinajstić information content (AvgIpc) is 3.40. The van der Waals surface area contributed by atoms with Gasteiger partial charge in [0.15, 0.2) is 5.78 Å². The van der Waals surface area contributed by atoms with E-state index in [1.165, 1.54) is 51.4 Å². The molecule has 0 unspecified atom stereocenters. The highest BCUT2D eigenvalue weighted by Crippen LogP contribution is 2.68. The number of nitrogens with zero attached hydrogens (tertiary/aromatic N) is 2. The number of hydrogen-bond acceptors (Lipinski definition) is 3. The SMILES string of the molecule is COC[C@]12CC[C@H](C)C[C@@H]1CC[C@H]1[C@@H]3CC[C@H](C(=O)Cn4cnc5ccccc54)[C@@]3(C)CC[C@@H]12. The first-order valence-corrected chi connectivity index (χ1v) is 13.9. The van der Waals surface area contributed by atoms with Gasteiger partial charge in [-0.3, -0.25) is 4.79 Å². The summed E-state index contributed by atoms with van der Waals surface area (Å²) < 4.78 is 8.02. The van der Waals surface area contributed by atoms with Crippen molar-refractivity contribution in [2.45, 2.75) is 78.2 Å². The van der Waals surface area contributed by atoms with Gasteiger partial charge in [-0.15, -0.1) is 0 Å². The summed E-state index contributed by atoms with van der Waals surface area (Å²) in [5.41, 5.74) is 2.61. The minimum Gasteiger partial charge on any atom is -0.384 e. The smallest absolute Gasteiger partial charge is 0.156 e. The summed E-state index contributed by atoms with van der Waals surface area (Å²) in [7, 11) is 1.92. The van der Waals surface area contributed by atoms with E-state index in [-0.39, 0.29) is 11.3 Å². The van der Waals surface area contributed by atoms with E-state index in [1.807, 2.05) is 31.6 Å². The molecule has 34 heavy (non-hydrogen) atoms. The molecule has 0 aliphatic heterocycles. The summed E-state index contributed by atoms with van der Waals surface area (Å²) in [4.78, 5) is 18.3. The number of Topliss-reactive ketones (excluding diaryl/α,β-unsaturated/α-hetero) is 1. The summed E-state index contributed by atoms with van der Waals surface area (Å²) in [6.07, 6.45) is 13.6. The molecule has 1 aromatic heterocycles. The van der Waals surface area contributed by atoms with Crippen LogP contribution >= 0.6 is 0 Å². The van der Waals surface area contributed by atoms with Crippen LogP contribution in [0.1, 0.15) is 71.6 Å². The largest absolute Gasteiger partial charge is 0.384 e. The predicted octanol–water partition coefficient (Wildman–Crippen LogP) is 6.53. The Morgan fingerprint density at radius 3 is 2.79 bits per heavy atom. The molecular weight excluding hydrogens is 420 g/mol. The van der Waals surface area contributed by atoms with E-state index in [1.54, 1.807) is 0 Å². The molecule has 184 valence electrons. The molecule has 4 heteroatoms. The number of imidazole rings is 1. The first-order valence-electron chi connectivity index (χ1n) is 13.9. The van der Waals surface area contributed by atoms with Crippen molar-refractivity contribution in [2.75, 3.05) is 13.7 Å². The molecule has 0 spiro atoms. The monoisotopic (exact) mass is 462 g/mol. The van der Waals surface area contributed by atoms with E-state index >= 15 is 0 Å². The van der Waals surface area contributed by atoms with Gasteiger partial charge >= 0.3 is 0 Å². The molecule has 1 aromatic carbocycles. The van der Waals surface area contributed by atoms with Gasteiger partial charge in [0.25, 0.3) is 0 Å². The lowest BCUT2D eigenvalue weighted by atomic mass is 9.44. The third kappa shape index (κ3) is 3.34. The van der Waals surface area contributed by atoms with Gasteiger partial charge in [0.05, 0.1) is 30.5 Å². The number of fused-ring (bicyclic) bond motifs is 6. The number of rotatable bonds is 5. The van der Waals surface area contributed by atoms with Crippen LogP contribution in [0.4, 0.5) is 0 Å². The summed E-state index contributed by atoms with van der Waals surface area (Å²) in [5.74, 6) is 4.62. The fourth-order valence-corrected chi connectivity index (χ4v) is 9.76. The van der Waals surface area contributed by atoms with Crippen molar-refractivity contribution in [1.29, 1.82) is 0 Å². The van der Waals surface area contributed by atoms with Gasteiger partial charge in [0, 0.05) is 13.0 Å². The van der Waals surface area contributed by atoms with Crippen LogP contribution in [0.3, 0.4) is 0 Å². The van der Waals surface area contributed by atoms with Crippen molar-refractivity contribution < 1.29 is 9.53 Å². The second kappa shape index (κ2) is 8.47. The van der Waals surface area contributed by atoms with E-state index in [0.717, 1.165) is 47.7 Å². The van der Waals surface area contributed by atoms with Gasteiger partial charge in [-0.2, -0.15) is 0 Å². The quantitative estimate of drug-likeness (QED) is 0.508. The van der Waals surface area contributed by atoms with Crippen LogP contribution in [-0.2, 0) is 16.1 Å². The van der Waals surface area contributed by atoms with Gasteiger partial charge in [-0.25, -0.2) is 4.98 Å². The van der Waals surface area contributed by atoms with E-state index in [2.05, 4.69) is 29.5 Å². The van der Waals surface area contributed by atoms with Crippen molar-refractivity contribution in [2.24, 2.45) is 46.3 Å². The molecule has 0 saturated heterocycles. The number of aromatic nitrogens is 2. The maximum atomic E-state index is 13.7. The Balaban J connectivity index is 1.24. The van der Waals surface area contributed by atoms with Crippen molar-refractivity contribution >= 4 is 16.8 Å². The van der Waals surface area contributed by atoms with Gasteiger partial charge in [0.1, 0.15) is 0 Å². The number of benzene rings is 1. The van der Waals surface area contributed by atoms with Crippen LogP contribution in [0.15, 0.2) is 30.6 Å². The van der Waals surface area contributed by atoms with E-state index in [4.69, 9.17) is 4.74 Å². The number of carbonyl (C=O) groups is 1. The molecule has 0 N–H and O–H groups in total. The standard InChI is InChI=1S/C30H42N2O2/c1-20-12-15-30(18-34-3)21(16-20)8-9-22-23-10-11-25(29(23,2)14-13-24(22)30)28(33)17-32-19-31-26-6-4-5-7-27(26)32/h4-7,19-25H,8-18H2,1-3H3/t20-,21-,22-,23-,24-,25+,29-,30+/m0/s1. The zero-order valence-corrected chi connectivity index (χ0v) is 21.3. The number of ether oxygens (including phenoxy) is 1. The molecular formula is C30H42N2O2. The predicted molar refractivity (Wildman–Crippen MR) is 135 cm³/mol. The molecule has 4 aliphatic rings. The Kier molecular flexibility index (Phi) is 5.67. The van der Waals surface area contributed by atoms with Crippen LogP contribution in [0, 0.1) is 46.3 Å². The number of para-hydroxylation sites is 2. The van der Waals surface area contributed by atoms with Crippen molar-refractivity contribution in [3.63, 3.8) is 0 Å². The van der Waals surface area contributed by atoms with E-state index < -0.39 is 0 Å². The molecule has 0 amide bonds. The minimum atomic E-state index is 0.164. The Bertz CT molecular complexity index is 1060. The van der Waals surface area contributed by atoms with Crippen LogP contribution in [-0.4, -0.2) is 29.1 Å². The fourth-order valence-electron chi connectivity index (χ4n) is 9.76. The minimum absolute atomic E-state index is 0.164. The highest BCUT2D eigenvalue weighted by Gasteiger charge is 2.62. The number of carbonyl (C=O) groups excluding carboxylic acids is 1. The van der Waals surface area contributed by atoms with Gasteiger partial charge in [0.2, 0.25) is 0 Å². The Labute approximate surface area is 204 Å². The van der Waals surface area contributed by atoms with Gasteiger partial charge in [-0.05, 0) is 104 Å². The molecule has 4 aliphatic carbocycles. The fraction of sp³-hybridized carbons (Fsp3) is 0.733. The van der Waals surface area contributed by atoms with Crippen LogP contribution in [0.25, 0.3) is 11.0 Å². The van der Waals surface area contributed by atoms with Crippen molar-refractivity contribution in [3.05, 3.63) is 30.6 Å². The normalized spacial score (nSPS) is 41.6. The second-order valence-electron chi connectivity index (χ2n) is 12.7. The molecule has 0 bridgehead atoms. The Morgan fingerprint density at radius 1 is 1.09 bits per heavy atom. The zero-order chi connectivity index (χ0) is 23.5. The first kappa shape index (κ1) is 22.8. The molecule has 4 nitrogen and oxygen atoms in total. The lowest BCUT2D eigenvalue weighted by Gasteiger charge is -2.62. The Morgan fingerprint density at radius 2 is 1.94 bits per heavy atom. The van der Waals surface area contributed by atoms with Crippen LogP contribution in [0.2, 0.25) is 0 Å². The van der Waals surface area contributed by atoms with Crippen molar-refractivity contribution in [3.8, 4) is 0 Å². The second-order valence-corrected chi connectivity index (χ2v) is 12.7. The Hall–Kier alpha value is -1.68. The topological polar surface area (TPSA) is 44.1 Å². The summed E-state index contributed by atoms with van der Waals surface area (Å²) in [5, 5.41) is 0. The maximum Gasteiger partial charge on any atom is 0.156 e. The van der Waals surface area contributed by atoms with E-state index in [0.29, 0.717) is 23.7 Å². The molecule has 4 saturated carbocycles. The molecule has 2 aromatic rings. The number of ketones is 1. The number of hydrogen-bond donors (Lipinski definition) is 0. The summed E-state index contributed by atoms with van der Waals surface area (Å²) in [6.45, 7) is 6.35. The lowest BCUT2D eigenvalue weighted by molar-refractivity contribution is -0.154. The maximum absolute atomic E-state index is 13.7. The molecule has 6 rings (SSSR count). The summed E-state index contributed by atoms with van der Waals surface area (Å²) >= 11 is 0.